The topological polar surface area (TPSA) is 52.7 Å². The van der Waals surface area contributed by atoms with Gasteiger partial charge in [0.15, 0.2) is 0 Å². The summed E-state index contributed by atoms with van der Waals surface area (Å²) >= 11 is 1.48. The Labute approximate surface area is 134 Å². The quantitative estimate of drug-likeness (QED) is 0.903. The maximum absolute atomic E-state index is 12.5. The first-order valence-electron chi connectivity index (χ1n) is 7.42. The monoisotopic (exact) mass is 317 g/mol. The number of hydrogen-bond acceptors (Lipinski definition) is 4. The van der Waals surface area contributed by atoms with Crippen molar-refractivity contribution < 1.29 is 9.59 Å². The maximum atomic E-state index is 12.5. The fourth-order valence-corrected chi connectivity index (χ4v) is 3.43. The normalized spacial score (nSPS) is 19.1. The van der Waals surface area contributed by atoms with E-state index in [-0.39, 0.29) is 18.4 Å². The minimum Gasteiger partial charge on any atom is -0.339 e. The zero-order chi connectivity index (χ0) is 15.4. The number of rotatable bonds is 3. The first-order chi connectivity index (χ1) is 10.8. The Bertz CT molecular complexity index is 582. The summed E-state index contributed by atoms with van der Waals surface area (Å²) in [7, 11) is 0. The molecule has 0 atom stereocenters. The lowest BCUT2D eigenvalue weighted by Gasteiger charge is -2.32. The minimum absolute atomic E-state index is 0.00478. The summed E-state index contributed by atoms with van der Waals surface area (Å²) in [4.78, 5) is 28.2. The van der Waals surface area contributed by atoms with E-state index < -0.39 is 0 Å². The lowest BCUT2D eigenvalue weighted by atomic mass is 10.1. The molecule has 0 radical (unpaired) electrons. The number of piperazine rings is 1. The Morgan fingerprint density at radius 3 is 2.64 bits per heavy atom. The number of carbonyl (C=O) groups is 2. The van der Waals surface area contributed by atoms with Gasteiger partial charge in [-0.15, -0.1) is 11.8 Å². The van der Waals surface area contributed by atoms with Crippen molar-refractivity contribution in [2.75, 3.05) is 38.5 Å². The van der Waals surface area contributed by atoms with Gasteiger partial charge in [0, 0.05) is 26.2 Å². The van der Waals surface area contributed by atoms with Gasteiger partial charge < -0.3 is 15.1 Å². The molecule has 6 heteroatoms. The molecule has 0 saturated carbocycles. The van der Waals surface area contributed by atoms with Crippen LogP contribution in [0.2, 0.25) is 0 Å². The van der Waals surface area contributed by atoms with E-state index in [2.05, 4.69) is 5.32 Å². The van der Waals surface area contributed by atoms with Crippen LogP contribution in [0.15, 0.2) is 35.7 Å². The van der Waals surface area contributed by atoms with Crippen molar-refractivity contribution in [3.05, 3.63) is 41.3 Å². The second-order valence-electron chi connectivity index (χ2n) is 5.29. The van der Waals surface area contributed by atoms with Gasteiger partial charge in [-0.1, -0.05) is 30.3 Å². The van der Waals surface area contributed by atoms with Crippen LogP contribution in [0, 0.1) is 0 Å². The van der Waals surface area contributed by atoms with Crippen molar-refractivity contribution in [2.45, 2.75) is 0 Å². The van der Waals surface area contributed by atoms with E-state index >= 15 is 0 Å². The molecule has 2 aliphatic rings. The SMILES string of the molecule is O=C(CN1C(=O)CSC=C1c1ccccc1)N1CCNCC1. The van der Waals surface area contributed by atoms with Crippen LogP contribution in [0.25, 0.3) is 5.70 Å². The summed E-state index contributed by atoms with van der Waals surface area (Å²) in [6.45, 7) is 3.17. The predicted octanol–water partition coefficient (Wildman–Crippen LogP) is 0.992. The molecular weight excluding hydrogens is 298 g/mol. The summed E-state index contributed by atoms with van der Waals surface area (Å²) < 4.78 is 0. The molecule has 1 N–H and O–H groups in total. The number of benzene rings is 1. The molecule has 0 unspecified atom stereocenters. The van der Waals surface area contributed by atoms with Crippen LogP contribution in [0.4, 0.5) is 0 Å². The van der Waals surface area contributed by atoms with Crippen molar-refractivity contribution >= 4 is 29.3 Å². The highest BCUT2D eigenvalue weighted by Gasteiger charge is 2.27. The van der Waals surface area contributed by atoms with Crippen molar-refractivity contribution in [3.63, 3.8) is 0 Å². The first kappa shape index (κ1) is 15.1. The number of nitrogens with one attached hydrogen (secondary N) is 1. The van der Waals surface area contributed by atoms with E-state index in [9.17, 15) is 9.59 Å². The van der Waals surface area contributed by atoms with E-state index in [1.54, 1.807) is 4.90 Å². The number of amides is 2. The second-order valence-corrected chi connectivity index (χ2v) is 6.15. The molecule has 3 rings (SSSR count). The Balaban J connectivity index is 1.77. The maximum Gasteiger partial charge on any atom is 0.242 e. The number of hydrogen-bond donors (Lipinski definition) is 1. The molecule has 116 valence electrons. The van der Waals surface area contributed by atoms with Crippen LogP contribution in [-0.4, -0.2) is 60.1 Å². The number of thioether (sulfide) groups is 1. The van der Waals surface area contributed by atoms with E-state index in [1.165, 1.54) is 11.8 Å². The van der Waals surface area contributed by atoms with Crippen LogP contribution in [0.5, 0.6) is 0 Å². The van der Waals surface area contributed by atoms with Crippen molar-refractivity contribution in [2.24, 2.45) is 0 Å². The van der Waals surface area contributed by atoms with Gasteiger partial charge in [0.25, 0.3) is 0 Å². The standard InChI is InChI=1S/C16H19N3O2S/c20-15(18-8-6-17-7-9-18)10-19-14(11-22-12-16(19)21)13-4-2-1-3-5-13/h1-5,11,17H,6-10,12H2. The highest BCUT2D eigenvalue weighted by molar-refractivity contribution is 8.03. The summed E-state index contributed by atoms with van der Waals surface area (Å²) in [5.41, 5.74) is 1.79. The molecule has 0 aliphatic carbocycles. The summed E-state index contributed by atoms with van der Waals surface area (Å²) in [6.07, 6.45) is 0. The molecule has 2 aliphatic heterocycles. The molecule has 0 spiro atoms. The summed E-state index contributed by atoms with van der Waals surface area (Å²) in [6, 6.07) is 9.76. The van der Waals surface area contributed by atoms with Gasteiger partial charge in [-0.2, -0.15) is 0 Å². The molecule has 1 saturated heterocycles. The third-order valence-corrected chi connectivity index (χ3v) is 4.63. The molecule has 2 amide bonds. The van der Waals surface area contributed by atoms with Crippen molar-refractivity contribution in [1.29, 1.82) is 0 Å². The average molecular weight is 317 g/mol. The summed E-state index contributed by atoms with van der Waals surface area (Å²) in [5, 5.41) is 5.20. The molecule has 0 bridgehead atoms. The molecule has 1 fully saturated rings. The van der Waals surface area contributed by atoms with Gasteiger partial charge in [0.2, 0.25) is 11.8 Å². The largest absolute Gasteiger partial charge is 0.339 e. The van der Waals surface area contributed by atoms with Gasteiger partial charge in [-0.05, 0) is 11.0 Å². The smallest absolute Gasteiger partial charge is 0.242 e. The van der Waals surface area contributed by atoms with Crippen molar-refractivity contribution in [1.82, 2.24) is 15.1 Å². The van der Waals surface area contributed by atoms with E-state index in [0.29, 0.717) is 18.8 Å². The second kappa shape index (κ2) is 6.98. The number of carbonyl (C=O) groups excluding carboxylic acids is 2. The fourth-order valence-electron chi connectivity index (χ4n) is 2.62. The van der Waals surface area contributed by atoms with Crippen LogP contribution >= 0.6 is 11.8 Å². The average Bonchev–Trinajstić information content (AvgIpc) is 2.58. The fraction of sp³-hybridized carbons (Fsp3) is 0.375. The molecule has 5 nitrogen and oxygen atoms in total. The van der Waals surface area contributed by atoms with Crippen LogP contribution < -0.4 is 5.32 Å². The van der Waals surface area contributed by atoms with Gasteiger partial charge in [0.1, 0.15) is 6.54 Å². The number of nitrogens with zero attached hydrogens (tertiary/aromatic N) is 2. The zero-order valence-corrected chi connectivity index (χ0v) is 13.1. The van der Waals surface area contributed by atoms with Crippen molar-refractivity contribution in [3.8, 4) is 0 Å². The van der Waals surface area contributed by atoms with Gasteiger partial charge in [-0.3, -0.25) is 9.59 Å². The summed E-state index contributed by atoms with van der Waals surface area (Å²) in [5.74, 6) is 0.406. The van der Waals surface area contributed by atoms with Gasteiger partial charge in [-0.25, -0.2) is 0 Å². The Morgan fingerprint density at radius 2 is 1.91 bits per heavy atom. The Hall–Kier alpha value is -1.79. The third-order valence-electron chi connectivity index (χ3n) is 3.83. The molecule has 1 aromatic rings. The minimum atomic E-state index is -0.00478. The first-order valence-corrected chi connectivity index (χ1v) is 8.46. The van der Waals surface area contributed by atoms with E-state index in [1.807, 2.05) is 40.6 Å². The van der Waals surface area contributed by atoms with E-state index in [0.717, 1.165) is 24.4 Å². The molecule has 0 aromatic heterocycles. The predicted molar refractivity (Wildman–Crippen MR) is 88.0 cm³/mol. The molecule has 1 aromatic carbocycles. The molecular formula is C16H19N3O2S. The Morgan fingerprint density at radius 1 is 1.18 bits per heavy atom. The highest BCUT2D eigenvalue weighted by Crippen LogP contribution is 2.28. The van der Waals surface area contributed by atoms with Gasteiger partial charge >= 0.3 is 0 Å². The lowest BCUT2D eigenvalue weighted by Crippen LogP contribution is -2.50. The lowest BCUT2D eigenvalue weighted by molar-refractivity contribution is -0.137. The van der Waals surface area contributed by atoms with Gasteiger partial charge in [0.05, 0.1) is 11.4 Å². The Kier molecular flexibility index (Phi) is 4.80. The van der Waals surface area contributed by atoms with Crippen LogP contribution in [-0.2, 0) is 9.59 Å². The molecule has 2 heterocycles. The van der Waals surface area contributed by atoms with Crippen LogP contribution in [0.1, 0.15) is 5.56 Å². The van der Waals surface area contributed by atoms with E-state index in [4.69, 9.17) is 0 Å². The third kappa shape index (κ3) is 3.34. The zero-order valence-electron chi connectivity index (χ0n) is 12.3. The van der Waals surface area contributed by atoms with Crippen LogP contribution in [0.3, 0.4) is 0 Å². The highest BCUT2D eigenvalue weighted by atomic mass is 32.2. The molecule has 22 heavy (non-hydrogen) atoms.